The molecule has 0 aliphatic carbocycles. The molecular formula is C9H17ClN2O4S. The number of alkyl halides is 1. The molecule has 0 atom stereocenters. The van der Waals surface area contributed by atoms with E-state index >= 15 is 0 Å². The van der Waals surface area contributed by atoms with Gasteiger partial charge in [0.15, 0.2) is 0 Å². The number of halogens is 1. The third kappa shape index (κ3) is 3.46. The number of ether oxygens (including phenoxy) is 1. The highest BCUT2D eigenvalue weighted by Crippen LogP contribution is 2.19. The fourth-order valence-corrected chi connectivity index (χ4v) is 3.15. The zero-order valence-electron chi connectivity index (χ0n) is 10.1. The van der Waals surface area contributed by atoms with Crippen molar-refractivity contribution in [3.63, 3.8) is 0 Å². The van der Waals surface area contributed by atoms with E-state index in [1.165, 1.54) is 4.31 Å². The lowest BCUT2D eigenvalue weighted by Crippen LogP contribution is -2.40. The molecule has 8 heteroatoms. The molecule has 1 fully saturated rings. The molecule has 6 nitrogen and oxygen atoms in total. The first kappa shape index (κ1) is 14.5. The van der Waals surface area contributed by atoms with Gasteiger partial charge in [0.25, 0.3) is 0 Å². The van der Waals surface area contributed by atoms with Crippen molar-refractivity contribution in [2.75, 3.05) is 25.5 Å². The maximum Gasteiger partial charge on any atom is 0.425 e. The molecule has 0 spiro atoms. The predicted octanol–water partition coefficient (Wildman–Crippen LogP) is 1.02. The second kappa shape index (κ2) is 4.99. The second-order valence-corrected chi connectivity index (χ2v) is 6.88. The van der Waals surface area contributed by atoms with E-state index in [2.05, 4.69) is 0 Å². The van der Waals surface area contributed by atoms with Gasteiger partial charge in [0.05, 0.1) is 6.54 Å². The molecule has 1 aliphatic rings. The molecule has 17 heavy (non-hydrogen) atoms. The molecule has 0 aromatic heterocycles. The molecule has 100 valence electrons. The lowest BCUT2D eigenvalue weighted by atomic mass is 10.2. The highest BCUT2D eigenvalue weighted by atomic mass is 35.5. The topological polar surface area (TPSA) is 66.9 Å². The molecule has 0 aromatic carbocycles. The van der Waals surface area contributed by atoms with E-state index in [9.17, 15) is 13.2 Å². The Morgan fingerprint density at radius 3 is 2.41 bits per heavy atom. The zero-order valence-corrected chi connectivity index (χ0v) is 11.7. The van der Waals surface area contributed by atoms with Crippen molar-refractivity contribution in [3.05, 3.63) is 0 Å². The molecule has 1 rings (SSSR count). The molecule has 1 aliphatic heterocycles. The van der Waals surface area contributed by atoms with Crippen LogP contribution in [-0.4, -0.2) is 54.2 Å². The van der Waals surface area contributed by atoms with E-state index in [1.807, 2.05) is 0 Å². The standard InChI is InChI=1S/C9H17ClN2O4S/c1-9(2,3)16-8(13)12-7-6-11(5-4-10)17(12,14)15/h4-7H2,1-3H3. The van der Waals surface area contributed by atoms with Crippen LogP contribution in [0.15, 0.2) is 0 Å². The summed E-state index contributed by atoms with van der Waals surface area (Å²) >= 11 is 5.50. The number of hydrogen-bond acceptors (Lipinski definition) is 4. The Morgan fingerprint density at radius 1 is 1.35 bits per heavy atom. The van der Waals surface area contributed by atoms with Crippen molar-refractivity contribution in [2.24, 2.45) is 0 Å². The van der Waals surface area contributed by atoms with Gasteiger partial charge in [-0.05, 0) is 20.8 Å². The monoisotopic (exact) mass is 284 g/mol. The average molecular weight is 285 g/mol. The smallest absolute Gasteiger partial charge is 0.425 e. The van der Waals surface area contributed by atoms with Crippen LogP contribution in [0.2, 0.25) is 0 Å². The summed E-state index contributed by atoms with van der Waals surface area (Å²) in [7, 11) is -3.75. The van der Waals surface area contributed by atoms with Crippen LogP contribution in [0, 0.1) is 0 Å². The van der Waals surface area contributed by atoms with Crippen molar-refractivity contribution in [1.82, 2.24) is 8.61 Å². The Labute approximate surface area is 107 Å². The van der Waals surface area contributed by atoms with Crippen LogP contribution in [-0.2, 0) is 14.9 Å². The van der Waals surface area contributed by atoms with Gasteiger partial charge in [-0.25, -0.2) is 4.79 Å². The highest BCUT2D eigenvalue weighted by Gasteiger charge is 2.41. The summed E-state index contributed by atoms with van der Waals surface area (Å²) < 4.78 is 30.7. The molecule has 1 heterocycles. The van der Waals surface area contributed by atoms with E-state index in [-0.39, 0.29) is 25.5 Å². The Hall–Kier alpha value is -0.530. The maximum atomic E-state index is 11.9. The van der Waals surface area contributed by atoms with Crippen LogP contribution in [0.5, 0.6) is 0 Å². The fourth-order valence-electron chi connectivity index (χ4n) is 1.39. The van der Waals surface area contributed by atoms with Gasteiger partial charge in [0.1, 0.15) is 5.60 Å². The van der Waals surface area contributed by atoms with Crippen molar-refractivity contribution >= 4 is 27.9 Å². The summed E-state index contributed by atoms with van der Waals surface area (Å²) in [4.78, 5) is 11.7. The summed E-state index contributed by atoms with van der Waals surface area (Å²) in [6.45, 7) is 5.62. The van der Waals surface area contributed by atoms with Gasteiger partial charge in [0, 0.05) is 19.0 Å². The number of carbonyl (C=O) groups is 1. The summed E-state index contributed by atoms with van der Waals surface area (Å²) in [5, 5.41) is 0. The molecular weight excluding hydrogens is 268 g/mol. The molecule has 0 radical (unpaired) electrons. The number of amides is 1. The van der Waals surface area contributed by atoms with Gasteiger partial charge in [-0.15, -0.1) is 11.6 Å². The Balaban J connectivity index is 2.78. The lowest BCUT2D eigenvalue weighted by Gasteiger charge is -2.24. The minimum absolute atomic E-state index is 0.105. The van der Waals surface area contributed by atoms with E-state index < -0.39 is 21.9 Å². The van der Waals surface area contributed by atoms with Gasteiger partial charge < -0.3 is 4.74 Å². The first-order valence-corrected chi connectivity index (χ1v) is 7.18. The van der Waals surface area contributed by atoms with Crippen LogP contribution in [0.3, 0.4) is 0 Å². The number of rotatable bonds is 2. The Bertz CT molecular complexity index is 390. The molecule has 0 bridgehead atoms. The highest BCUT2D eigenvalue weighted by molar-refractivity contribution is 7.87. The maximum absolute atomic E-state index is 11.9. The van der Waals surface area contributed by atoms with Gasteiger partial charge >= 0.3 is 16.3 Å². The van der Waals surface area contributed by atoms with Crippen LogP contribution < -0.4 is 0 Å². The first-order chi connectivity index (χ1) is 7.68. The van der Waals surface area contributed by atoms with Gasteiger partial charge in [-0.2, -0.15) is 17.0 Å². The van der Waals surface area contributed by atoms with Crippen molar-refractivity contribution in [2.45, 2.75) is 26.4 Å². The minimum Gasteiger partial charge on any atom is -0.443 e. The Morgan fingerprint density at radius 2 is 1.94 bits per heavy atom. The summed E-state index contributed by atoms with van der Waals surface area (Å²) in [6, 6.07) is 0. The largest absolute Gasteiger partial charge is 0.443 e. The van der Waals surface area contributed by atoms with E-state index in [1.54, 1.807) is 20.8 Å². The third-order valence-electron chi connectivity index (χ3n) is 2.09. The average Bonchev–Trinajstić information content (AvgIpc) is 2.40. The molecule has 0 unspecified atom stereocenters. The van der Waals surface area contributed by atoms with Gasteiger partial charge in [-0.1, -0.05) is 0 Å². The lowest BCUT2D eigenvalue weighted by molar-refractivity contribution is 0.0405. The number of nitrogens with zero attached hydrogens (tertiary/aromatic N) is 2. The first-order valence-electron chi connectivity index (χ1n) is 5.25. The van der Waals surface area contributed by atoms with Gasteiger partial charge in [0.2, 0.25) is 0 Å². The van der Waals surface area contributed by atoms with E-state index in [0.29, 0.717) is 0 Å². The normalized spacial score (nSPS) is 20.6. The molecule has 0 saturated carbocycles. The molecule has 1 saturated heterocycles. The number of carbonyl (C=O) groups excluding carboxylic acids is 1. The van der Waals surface area contributed by atoms with Crippen molar-refractivity contribution < 1.29 is 17.9 Å². The third-order valence-corrected chi connectivity index (χ3v) is 4.16. The Kier molecular flexibility index (Phi) is 4.27. The second-order valence-electron chi connectivity index (χ2n) is 4.65. The van der Waals surface area contributed by atoms with Gasteiger partial charge in [-0.3, -0.25) is 0 Å². The summed E-state index contributed by atoms with van der Waals surface area (Å²) in [5.74, 6) is 0.196. The van der Waals surface area contributed by atoms with Crippen LogP contribution in [0.4, 0.5) is 4.79 Å². The predicted molar refractivity (Wildman–Crippen MR) is 64.2 cm³/mol. The SMILES string of the molecule is CC(C)(C)OC(=O)N1CCN(CCCl)S1(=O)=O. The molecule has 0 N–H and O–H groups in total. The van der Waals surface area contributed by atoms with Crippen LogP contribution in [0.1, 0.15) is 20.8 Å². The van der Waals surface area contributed by atoms with Crippen molar-refractivity contribution in [1.29, 1.82) is 0 Å². The molecule has 1 amide bonds. The summed E-state index contributed by atoms with van der Waals surface area (Å²) in [5.41, 5.74) is -0.716. The zero-order chi connectivity index (χ0) is 13.3. The fraction of sp³-hybridized carbons (Fsp3) is 0.889. The minimum atomic E-state index is -3.75. The summed E-state index contributed by atoms with van der Waals surface area (Å²) in [6.07, 6.45) is -0.838. The van der Waals surface area contributed by atoms with Crippen LogP contribution >= 0.6 is 11.6 Å². The quantitative estimate of drug-likeness (QED) is 0.710. The van der Waals surface area contributed by atoms with E-state index in [4.69, 9.17) is 16.3 Å². The van der Waals surface area contributed by atoms with Crippen molar-refractivity contribution in [3.8, 4) is 0 Å². The molecule has 0 aromatic rings. The van der Waals surface area contributed by atoms with Crippen LogP contribution in [0.25, 0.3) is 0 Å². The number of hydrogen-bond donors (Lipinski definition) is 0. The van der Waals surface area contributed by atoms with E-state index in [0.717, 1.165) is 4.31 Å².